The first-order valence-electron chi connectivity index (χ1n) is 6.53. The number of para-hydroxylation sites is 2. The lowest BCUT2D eigenvalue weighted by Gasteiger charge is -2.13. The molecule has 0 N–H and O–H groups in total. The molecule has 1 heterocycles. The number of rotatable bonds is 4. The fraction of sp³-hybridized carbons (Fsp3) is 0.188. The molecule has 0 aliphatic rings. The van der Waals surface area contributed by atoms with Gasteiger partial charge in [0, 0.05) is 5.56 Å². The molecular weight excluding hydrogens is 332 g/mol. The van der Waals surface area contributed by atoms with Gasteiger partial charge in [0.05, 0.1) is 42.6 Å². The summed E-state index contributed by atoms with van der Waals surface area (Å²) in [4.78, 5) is 4.41. The van der Waals surface area contributed by atoms with E-state index >= 15 is 0 Å². The molecule has 21 heavy (non-hydrogen) atoms. The van der Waals surface area contributed by atoms with E-state index in [4.69, 9.17) is 9.47 Å². The number of imidazole rings is 1. The standard InChI is InChI=1S/C16H15BrN2O2/c1-20-15-8-12(17)16(21-2)7-11(15)9-19-10-18-13-5-3-4-6-14(13)19/h3-8,10H,9H2,1-2H3. The predicted octanol–water partition coefficient (Wildman–Crippen LogP) is 3.86. The van der Waals surface area contributed by atoms with Crippen molar-refractivity contribution in [2.24, 2.45) is 0 Å². The predicted molar refractivity (Wildman–Crippen MR) is 86.1 cm³/mol. The van der Waals surface area contributed by atoms with Crippen molar-refractivity contribution < 1.29 is 9.47 Å². The summed E-state index contributed by atoms with van der Waals surface area (Å²) in [5.74, 6) is 1.61. The van der Waals surface area contributed by atoms with Crippen LogP contribution in [0.4, 0.5) is 0 Å². The second-order valence-electron chi connectivity index (χ2n) is 4.66. The first-order chi connectivity index (χ1) is 10.2. The lowest BCUT2D eigenvalue weighted by atomic mass is 10.2. The number of fused-ring (bicyclic) bond motifs is 1. The van der Waals surface area contributed by atoms with Gasteiger partial charge < -0.3 is 14.0 Å². The maximum Gasteiger partial charge on any atom is 0.133 e. The lowest BCUT2D eigenvalue weighted by molar-refractivity contribution is 0.396. The molecule has 3 aromatic rings. The van der Waals surface area contributed by atoms with Crippen LogP contribution in [0.3, 0.4) is 0 Å². The minimum atomic E-state index is 0.674. The van der Waals surface area contributed by atoms with E-state index in [2.05, 4.69) is 31.5 Å². The highest BCUT2D eigenvalue weighted by molar-refractivity contribution is 9.10. The van der Waals surface area contributed by atoms with Crippen LogP contribution in [-0.4, -0.2) is 23.8 Å². The Hall–Kier alpha value is -2.01. The van der Waals surface area contributed by atoms with Crippen LogP contribution in [0, 0.1) is 0 Å². The number of methoxy groups -OCH3 is 2. The van der Waals surface area contributed by atoms with E-state index in [9.17, 15) is 0 Å². The molecule has 2 aromatic carbocycles. The quantitative estimate of drug-likeness (QED) is 0.719. The molecule has 108 valence electrons. The van der Waals surface area contributed by atoms with Gasteiger partial charge in [0.15, 0.2) is 0 Å². The van der Waals surface area contributed by atoms with Crippen LogP contribution >= 0.6 is 15.9 Å². The Bertz CT molecular complexity index is 783. The molecular formula is C16H15BrN2O2. The summed E-state index contributed by atoms with van der Waals surface area (Å²) in [6, 6.07) is 12.0. The second kappa shape index (κ2) is 5.77. The Labute approximate surface area is 131 Å². The van der Waals surface area contributed by atoms with Crippen molar-refractivity contribution in [2.45, 2.75) is 6.54 Å². The zero-order valence-electron chi connectivity index (χ0n) is 11.8. The van der Waals surface area contributed by atoms with E-state index in [1.807, 2.05) is 36.7 Å². The smallest absolute Gasteiger partial charge is 0.133 e. The van der Waals surface area contributed by atoms with Crippen LogP contribution in [0.2, 0.25) is 0 Å². The van der Waals surface area contributed by atoms with E-state index in [-0.39, 0.29) is 0 Å². The number of ether oxygens (including phenoxy) is 2. The van der Waals surface area contributed by atoms with E-state index in [1.54, 1.807) is 14.2 Å². The Morgan fingerprint density at radius 1 is 1.10 bits per heavy atom. The first-order valence-corrected chi connectivity index (χ1v) is 7.32. The van der Waals surface area contributed by atoms with Gasteiger partial charge in [-0.3, -0.25) is 0 Å². The van der Waals surface area contributed by atoms with Crippen molar-refractivity contribution in [1.82, 2.24) is 9.55 Å². The zero-order chi connectivity index (χ0) is 14.8. The fourth-order valence-corrected chi connectivity index (χ4v) is 2.85. The monoisotopic (exact) mass is 346 g/mol. The molecule has 0 saturated carbocycles. The van der Waals surface area contributed by atoms with Crippen molar-refractivity contribution >= 4 is 27.0 Å². The fourth-order valence-electron chi connectivity index (χ4n) is 2.37. The third-order valence-corrected chi connectivity index (χ3v) is 4.04. The third kappa shape index (κ3) is 2.61. The number of benzene rings is 2. The van der Waals surface area contributed by atoms with E-state index in [0.717, 1.165) is 32.6 Å². The molecule has 1 aromatic heterocycles. The summed E-state index contributed by atoms with van der Waals surface area (Å²) in [5, 5.41) is 0. The highest BCUT2D eigenvalue weighted by Crippen LogP contribution is 2.33. The largest absolute Gasteiger partial charge is 0.496 e. The molecule has 0 aliphatic carbocycles. The number of hydrogen-bond donors (Lipinski definition) is 0. The molecule has 0 atom stereocenters. The van der Waals surface area contributed by atoms with Gasteiger partial charge >= 0.3 is 0 Å². The van der Waals surface area contributed by atoms with E-state index in [0.29, 0.717) is 6.54 Å². The summed E-state index contributed by atoms with van der Waals surface area (Å²) in [6.45, 7) is 0.674. The summed E-state index contributed by atoms with van der Waals surface area (Å²) < 4.78 is 13.8. The van der Waals surface area contributed by atoms with Gasteiger partial charge in [0.1, 0.15) is 11.5 Å². The van der Waals surface area contributed by atoms with Gasteiger partial charge in [-0.05, 0) is 40.2 Å². The molecule has 0 amide bonds. The lowest BCUT2D eigenvalue weighted by Crippen LogP contribution is -2.01. The second-order valence-corrected chi connectivity index (χ2v) is 5.51. The average Bonchev–Trinajstić information content (AvgIpc) is 2.92. The van der Waals surface area contributed by atoms with Crippen LogP contribution in [0.15, 0.2) is 47.2 Å². The maximum absolute atomic E-state index is 5.47. The number of nitrogens with zero attached hydrogens (tertiary/aromatic N) is 2. The van der Waals surface area contributed by atoms with Crippen LogP contribution in [0.25, 0.3) is 11.0 Å². The summed E-state index contributed by atoms with van der Waals surface area (Å²) in [6.07, 6.45) is 1.85. The molecule has 5 heteroatoms. The minimum absolute atomic E-state index is 0.674. The van der Waals surface area contributed by atoms with Crippen LogP contribution in [-0.2, 0) is 6.54 Å². The van der Waals surface area contributed by atoms with Crippen LogP contribution < -0.4 is 9.47 Å². The summed E-state index contributed by atoms with van der Waals surface area (Å²) in [7, 11) is 3.33. The first kappa shape index (κ1) is 13.9. The van der Waals surface area contributed by atoms with Gasteiger partial charge in [-0.1, -0.05) is 12.1 Å². The van der Waals surface area contributed by atoms with Gasteiger partial charge in [-0.25, -0.2) is 4.98 Å². The Kier molecular flexibility index (Phi) is 3.84. The summed E-state index contributed by atoms with van der Waals surface area (Å²) >= 11 is 3.48. The number of hydrogen-bond acceptors (Lipinski definition) is 3. The maximum atomic E-state index is 5.47. The molecule has 3 rings (SSSR count). The van der Waals surface area contributed by atoms with Gasteiger partial charge in [0.2, 0.25) is 0 Å². The summed E-state index contributed by atoms with van der Waals surface area (Å²) in [5.41, 5.74) is 3.13. The van der Waals surface area contributed by atoms with Gasteiger partial charge in [-0.15, -0.1) is 0 Å². The van der Waals surface area contributed by atoms with Crippen molar-refractivity contribution in [3.05, 3.63) is 52.8 Å². The van der Waals surface area contributed by atoms with Crippen LogP contribution in [0.5, 0.6) is 11.5 Å². The van der Waals surface area contributed by atoms with Crippen molar-refractivity contribution in [2.75, 3.05) is 14.2 Å². The number of aromatic nitrogens is 2. The number of halogens is 1. The molecule has 0 radical (unpaired) electrons. The molecule has 0 unspecified atom stereocenters. The van der Waals surface area contributed by atoms with E-state index < -0.39 is 0 Å². The molecule has 4 nitrogen and oxygen atoms in total. The van der Waals surface area contributed by atoms with E-state index in [1.165, 1.54) is 0 Å². The Balaban J connectivity index is 2.04. The molecule has 0 bridgehead atoms. The highest BCUT2D eigenvalue weighted by Gasteiger charge is 2.11. The zero-order valence-corrected chi connectivity index (χ0v) is 13.4. The van der Waals surface area contributed by atoms with Gasteiger partial charge in [0.25, 0.3) is 0 Å². The SMILES string of the molecule is COc1cc(Cn2cnc3ccccc32)c(OC)cc1Br. The third-order valence-electron chi connectivity index (χ3n) is 3.42. The van der Waals surface area contributed by atoms with Crippen LogP contribution in [0.1, 0.15) is 5.56 Å². The van der Waals surface area contributed by atoms with Gasteiger partial charge in [-0.2, -0.15) is 0 Å². The Morgan fingerprint density at radius 2 is 1.86 bits per heavy atom. The molecule has 0 fully saturated rings. The normalized spacial score (nSPS) is 10.8. The molecule has 0 saturated heterocycles. The van der Waals surface area contributed by atoms with Crippen molar-refractivity contribution in [1.29, 1.82) is 0 Å². The Morgan fingerprint density at radius 3 is 2.62 bits per heavy atom. The highest BCUT2D eigenvalue weighted by atomic mass is 79.9. The minimum Gasteiger partial charge on any atom is -0.496 e. The van der Waals surface area contributed by atoms with Crippen molar-refractivity contribution in [3.8, 4) is 11.5 Å². The topological polar surface area (TPSA) is 36.3 Å². The molecule has 0 spiro atoms. The van der Waals surface area contributed by atoms with Crippen molar-refractivity contribution in [3.63, 3.8) is 0 Å². The average molecular weight is 347 g/mol. The molecule has 0 aliphatic heterocycles.